The van der Waals surface area contributed by atoms with Crippen LogP contribution >= 0.6 is 0 Å². The summed E-state index contributed by atoms with van der Waals surface area (Å²) in [4.78, 5) is 9.53. The zero-order valence-corrected chi connectivity index (χ0v) is 30.9. The van der Waals surface area contributed by atoms with Crippen molar-refractivity contribution in [3.63, 3.8) is 0 Å². The maximum Gasteiger partial charge on any atom is 0.257 e. The molecule has 6 aromatic carbocycles. The number of aromatic nitrogens is 2. The third-order valence-electron chi connectivity index (χ3n) is 11.4. The Balaban J connectivity index is 1.25. The van der Waals surface area contributed by atoms with Crippen molar-refractivity contribution in [2.75, 3.05) is 0 Å². The molecule has 1 fully saturated rings. The van der Waals surface area contributed by atoms with E-state index < -0.39 is 5.54 Å². The summed E-state index contributed by atoms with van der Waals surface area (Å²) in [6.45, 7) is 17.3. The number of rotatable bonds is 7. The van der Waals surface area contributed by atoms with Crippen LogP contribution in [0.5, 0.6) is 0 Å². The molecule has 0 atom stereocenters. The molecule has 9 rings (SSSR count). The molecule has 2 aromatic heterocycles. The summed E-state index contributed by atoms with van der Waals surface area (Å²) >= 11 is 0. The first kappa shape index (κ1) is 33.0. The molecule has 4 nitrogen and oxygen atoms in total. The number of benzene rings is 6. The number of fused-ring (bicyclic) bond motifs is 4. The van der Waals surface area contributed by atoms with Gasteiger partial charge in [0.1, 0.15) is 17.0 Å². The predicted molar refractivity (Wildman–Crippen MR) is 220 cm³/mol. The number of hydrogen-bond acceptors (Lipinski definition) is 2. The largest absolute Gasteiger partial charge is 0.455 e. The molecule has 0 radical (unpaired) electrons. The van der Waals surface area contributed by atoms with Crippen molar-refractivity contribution in [1.82, 2.24) is 9.55 Å². The molecule has 0 saturated heterocycles. The second-order valence-corrected chi connectivity index (χ2v) is 15.4. The van der Waals surface area contributed by atoms with E-state index in [1.165, 1.54) is 39.1 Å². The summed E-state index contributed by atoms with van der Waals surface area (Å²) in [5.41, 5.74) is 13.9. The van der Waals surface area contributed by atoms with Crippen LogP contribution in [0.1, 0.15) is 81.9 Å². The van der Waals surface area contributed by atoms with Gasteiger partial charge in [-0.25, -0.2) is 11.6 Å². The Kier molecular flexibility index (Phi) is 8.04. The highest BCUT2D eigenvalue weighted by atomic mass is 16.3. The summed E-state index contributed by atoms with van der Waals surface area (Å²) in [5, 5.41) is 2.13. The Morgan fingerprint density at radius 1 is 0.660 bits per heavy atom. The van der Waals surface area contributed by atoms with Crippen LogP contribution in [0.2, 0.25) is 0 Å². The zero-order valence-electron chi connectivity index (χ0n) is 30.9. The van der Waals surface area contributed by atoms with Gasteiger partial charge in [-0.1, -0.05) is 113 Å². The van der Waals surface area contributed by atoms with Crippen molar-refractivity contribution in [3.05, 3.63) is 156 Å². The number of nitrogens with zero attached hydrogens (tertiary/aromatic N) is 3. The molecule has 4 heteroatoms. The van der Waals surface area contributed by atoms with Gasteiger partial charge in [0.05, 0.1) is 22.3 Å². The number of furan rings is 1. The monoisotopic (exact) mass is 689 g/mol. The minimum Gasteiger partial charge on any atom is -0.455 e. The van der Waals surface area contributed by atoms with Crippen molar-refractivity contribution in [1.29, 1.82) is 0 Å². The van der Waals surface area contributed by atoms with E-state index in [0.29, 0.717) is 0 Å². The molecule has 53 heavy (non-hydrogen) atoms. The van der Waals surface area contributed by atoms with E-state index in [9.17, 15) is 0 Å². The lowest BCUT2D eigenvalue weighted by Gasteiger charge is -2.24. The first-order valence-corrected chi connectivity index (χ1v) is 19.0. The van der Waals surface area contributed by atoms with Crippen molar-refractivity contribution in [2.24, 2.45) is 0 Å². The lowest BCUT2D eigenvalue weighted by atomic mass is 9.87. The molecule has 1 aliphatic rings. The Labute approximate surface area is 311 Å². The molecule has 2 heterocycles. The summed E-state index contributed by atoms with van der Waals surface area (Å²) in [7, 11) is 0. The maximum atomic E-state index is 8.09. The van der Waals surface area contributed by atoms with Crippen LogP contribution in [0.4, 0.5) is 0 Å². The Morgan fingerprint density at radius 2 is 1.30 bits per heavy atom. The highest BCUT2D eigenvalue weighted by Crippen LogP contribution is 2.46. The van der Waals surface area contributed by atoms with E-state index in [4.69, 9.17) is 16.0 Å². The predicted octanol–water partition coefficient (Wildman–Crippen LogP) is 13.9. The first-order chi connectivity index (χ1) is 25.8. The Bertz CT molecular complexity index is 2650. The van der Waals surface area contributed by atoms with Gasteiger partial charge in [0, 0.05) is 29.2 Å². The molecule has 0 amide bonds. The fraction of sp³-hybridized carbons (Fsp3) is 0.224. The summed E-state index contributed by atoms with van der Waals surface area (Å²) in [6.07, 6.45) is 4.01. The van der Waals surface area contributed by atoms with E-state index in [2.05, 4.69) is 165 Å². The minimum absolute atomic E-state index is 0.255. The van der Waals surface area contributed by atoms with Gasteiger partial charge in [-0.15, -0.1) is 0 Å². The molecule has 1 aliphatic carbocycles. The summed E-state index contributed by atoms with van der Waals surface area (Å²) < 4.78 is 9.22. The highest BCUT2D eigenvalue weighted by molar-refractivity contribution is 6.09. The van der Waals surface area contributed by atoms with Crippen LogP contribution < -0.4 is 0 Å². The summed E-state index contributed by atoms with van der Waals surface area (Å²) in [5.74, 6) is 1.38. The van der Waals surface area contributed by atoms with Crippen molar-refractivity contribution in [3.8, 4) is 39.3 Å². The minimum atomic E-state index is -0.444. The third-order valence-corrected chi connectivity index (χ3v) is 11.4. The van der Waals surface area contributed by atoms with Gasteiger partial charge in [0.2, 0.25) is 0 Å². The van der Waals surface area contributed by atoms with Crippen LogP contribution in [-0.2, 0) is 5.54 Å². The Morgan fingerprint density at radius 3 is 1.98 bits per heavy atom. The molecular weight excluding hydrogens is 647 g/mol. The molecule has 1 saturated carbocycles. The Hall–Kier alpha value is -5.92. The smallest absolute Gasteiger partial charge is 0.257 e. The lowest BCUT2D eigenvalue weighted by molar-refractivity contribution is 0.551. The van der Waals surface area contributed by atoms with Crippen LogP contribution in [0.15, 0.2) is 132 Å². The van der Waals surface area contributed by atoms with Gasteiger partial charge in [0.15, 0.2) is 0 Å². The first-order valence-electron chi connectivity index (χ1n) is 19.0. The highest BCUT2D eigenvalue weighted by Gasteiger charge is 2.42. The molecule has 0 aliphatic heterocycles. The number of para-hydroxylation sites is 3. The van der Waals surface area contributed by atoms with Gasteiger partial charge >= 0.3 is 0 Å². The van der Waals surface area contributed by atoms with Crippen molar-refractivity contribution >= 4 is 33.0 Å². The fourth-order valence-electron chi connectivity index (χ4n) is 8.59. The van der Waals surface area contributed by atoms with E-state index in [-0.39, 0.29) is 11.8 Å². The van der Waals surface area contributed by atoms with Gasteiger partial charge in [-0.2, -0.15) is 0 Å². The third kappa shape index (κ3) is 5.46. The summed E-state index contributed by atoms with van der Waals surface area (Å²) in [6, 6.07) is 45.7. The van der Waals surface area contributed by atoms with Crippen LogP contribution in [0, 0.1) is 6.57 Å². The second-order valence-electron chi connectivity index (χ2n) is 15.4. The van der Waals surface area contributed by atoms with Crippen molar-refractivity contribution < 1.29 is 4.42 Å². The average Bonchev–Trinajstić information content (AvgIpc) is 3.93. The second kappa shape index (κ2) is 12.9. The van der Waals surface area contributed by atoms with Crippen molar-refractivity contribution in [2.45, 2.75) is 70.8 Å². The number of imidazole rings is 1. The fourth-order valence-corrected chi connectivity index (χ4v) is 8.59. The topological polar surface area (TPSA) is 35.3 Å². The normalized spacial score (nSPS) is 14.2. The molecular formula is C49H43N3O. The molecule has 260 valence electrons. The zero-order chi connectivity index (χ0) is 36.3. The molecule has 0 N–H and O–H groups in total. The van der Waals surface area contributed by atoms with Gasteiger partial charge in [0.25, 0.3) is 5.54 Å². The molecule has 8 aromatic rings. The maximum absolute atomic E-state index is 8.09. The molecule has 0 bridgehead atoms. The average molecular weight is 690 g/mol. The van der Waals surface area contributed by atoms with Gasteiger partial charge in [-0.3, -0.25) is 4.57 Å². The van der Waals surface area contributed by atoms with E-state index in [1.807, 2.05) is 0 Å². The lowest BCUT2D eigenvalue weighted by Crippen LogP contribution is -2.16. The molecule has 0 spiro atoms. The van der Waals surface area contributed by atoms with Crippen LogP contribution in [0.25, 0.3) is 77.1 Å². The van der Waals surface area contributed by atoms with Crippen LogP contribution in [-0.4, -0.2) is 9.55 Å². The SMILES string of the molecule is [C-]#[N+]C1(c2ccc3c(c2)oc2c(-c4nc5ccccc5n4-c4c(C(C)C)cc(-c5ccc(-c6ccccc6)cc5)cc4C(C)C)cccc23)CCCC1. The van der Waals surface area contributed by atoms with E-state index >= 15 is 0 Å². The van der Waals surface area contributed by atoms with E-state index in [1.54, 1.807) is 0 Å². The van der Waals surface area contributed by atoms with Gasteiger partial charge in [-0.05, 0) is 101 Å². The van der Waals surface area contributed by atoms with Crippen LogP contribution in [0.3, 0.4) is 0 Å². The van der Waals surface area contributed by atoms with Gasteiger partial charge < -0.3 is 9.26 Å². The standard InChI is InChI=1S/C49H43N3O/c1-31(2)41-28-36(35-22-20-34(21-23-35)33-14-7-6-8-15-33)29-42(32(3)4)46(41)52-44-19-10-9-18-43(44)51-48(52)40-17-13-16-39-38-25-24-37(30-45(38)53-47(39)40)49(50-5)26-11-12-27-49/h6-10,13-25,28-32H,11-12,26-27H2,1-4H3. The number of hydrogen-bond donors (Lipinski definition) is 0. The molecule has 0 unspecified atom stereocenters. The van der Waals surface area contributed by atoms with E-state index in [0.717, 1.165) is 75.6 Å². The quantitative estimate of drug-likeness (QED) is 0.156.